The Morgan fingerprint density at radius 1 is 1.25 bits per heavy atom. The Labute approximate surface area is 122 Å². The van der Waals surface area contributed by atoms with Gasteiger partial charge in [0.1, 0.15) is 0 Å². The first-order chi connectivity index (χ1) is 9.43. The lowest BCUT2D eigenvalue weighted by Gasteiger charge is -2.27. The van der Waals surface area contributed by atoms with Crippen molar-refractivity contribution >= 4 is 0 Å². The molecule has 0 aliphatic carbocycles. The first kappa shape index (κ1) is 16.6. The van der Waals surface area contributed by atoms with Crippen LogP contribution in [0.25, 0.3) is 0 Å². The van der Waals surface area contributed by atoms with E-state index in [1.54, 1.807) is 24.3 Å². The van der Waals surface area contributed by atoms with Crippen LogP contribution >= 0.6 is 0 Å². The van der Waals surface area contributed by atoms with Crippen molar-refractivity contribution in [2.24, 2.45) is 5.92 Å². The lowest BCUT2D eigenvalue weighted by Crippen LogP contribution is -2.43. The molecule has 1 rings (SSSR count). The van der Waals surface area contributed by atoms with Crippen LogP contribution < -0.4 is 5.32 Å². The molecule has 0 amide bonds. The third kappa shape index (κ3) is 5.30. The van der Waals surface area contributed by atoms with Crippen LogP contribution in [0.4, 0.5) is 0 Å². The van der Waals surface area contributed by atoms with Crippen LogP contribution in [0.15, 0.2) is 24.3 Å². The average Bonchev–Trinajstić information content (AvgIpc) is 2.42. The summed E-state index contributed by atoms with van der Waals surface area (Å²) in [4.78, 5) is 2.14. The van der Waals surface area contributed by atoms with Crippen molar-refractivity contribution in [3.63, 3.8) is 0 Å². The summed E-state index contributed by atoms with van der Waals surface area (Å²) in [5, 5.41) is 22.4. The second kappa shape index (κ2) is 8.01. The zero-order valence-electron chi connectivity index (χ0n) is 12.8. The topological polar surface area (TPSA) is 59.3 Å². The lowest BCUT2D eigenvalue weighted by molar-refractivity contribution is 0.160. The predicted octanol–water partition coefficient (Wildman–Crippen LogP) is 1.77. The fourth-order valence-electron chi connectivity index (χ4n) is 2.07. The van der Waals surface area contributed by atoms with E-state index >= 15 is 0 Å². The minimum atomic E-state index is -0.550. The van der Waals surface area contributed by atoms with Gasteiger partial charge in [0.05, 0.1) is 17.7 Å². The molecular formula is C16H25N3O. The van der Waals surface area contributed by atoms with Crippen LogP contribution in [0.3, 0.4) is 0 Å². The van der Waals surface area contributed by atoms with E-state index in [9.17, 15) is 5.11 Å². The van der Waals surface area contributed by atoms with Gasteiger partial charge >= 0.3 is 0 Å². The van der Waals surface area contributed by atoms with E-state index < -0.39 is 6.10 Å². The van der Waals surface area contributed by atoms with E-state index in [0.717, 1.165) is 12.1 Å². The highest BCUT2D eigenvalue weighted by molar-refractivity contribution is 5.32. The molecule has 0 aliphatic heterocycles. The normalized spacial score (nSPS) is 14.3. The van der Waals surface area contributed by atoms with Gasteiger partial charge in [-0.1, -0.05) is 26.0 Å². The molecule has 2 unspecified atom stereocenters. The van der Waals surface area contributed by atoms with Crippen molar-refractivity contribution in [3.8, 4) is 6.07 Å². The van der Waals surface area contributed by atoms with Crippen molar-refractivity contribution < 1.29 is 5.11 Å². The molecule has 1 aromatic carbocycles. The van der Waals surface area contributed by atoms with Gasteiger partial charge in [0, 0.05) is 19.1 Å². The average molecular weight is 275 g/mol. The third-order valence-corrected chi connectivity index (χ3v) is 3.36. The van der Waals surface area contributed by atoms with Crippen molar-refractivity contribution in [2.75, 3.05) is 27.2 Å². The zero-order valence-corrected chi connectivity index (χ0v) is 12.8. The maximum absolute atomic E-state index is 10.2. The van der Waals surface area contributed by atoms with E-state index in [1.165, 1.54) is 0 Å². The number of benzene rings is 1. The zero-order chi connectivity index (χ0) is 15.1. The summed E-state index contributed by atoms with van der Waals surface area (Å²) in [7, 11) is 4.10. The fourth-order valence-corrected chi connectivity index (χ4v) is 2.07. The van der Waals surface area contributed by atoms with Gasteiger partial charge in [0.2, 0.25) is 0 Å². The molecule has 20 heavy (non-hydrogen) atoms. The van der Waals surface area contributed by atoms with Gasteiger partial charge in [-0.3, -0.25) is 0 Å². The van der Waals surface area contributed by atoms with E-state index in [-0.39, 0.29) is 0 Å². The molecule has 1 aromatic rings. The maximum Gasteiger partial charge on any atom is 0.0991 e. The number of nitrogens with one attached hydrogen (secondary N) is 1. The quantitative estimate of drug-likeness (QED) is 0.796. The number of nitriles is 1. The number of hydrogen-bond donors (Lipinski definition) is 2. The molecule has 2 atom stereocenters. The van der Waals surface area contributed by atoms with Crippen LogP contribution in [0.5, 0.6) is 0 Å². The molecule has 4 nitrogen and oxygen atoms in total. The molecule has 0 fully saturated rings. The molecule has 0 heterocycles. The maximum atomic E-state index is 10.2. The first-order valence-electron chi connectivity index (χ1n) is 7.00. The molecular weight excluding hydrogens is 250 g/mol. The third-order valence-electron chi connectivity index (χ3n) is 3.36. The van der Waals surface area contributed by atoms with Gasteiger partial charge < -0.3 is 15.3 Å². The molecule has 0 radical (unpaired) electrons. The smallest absolute Gasteiger partial charge is 0.0991 e. The van der Waals surface area contributed by atoms with Crippen LogP contribution in [0.1, 0.15) is 31.1 Å². The molecule has 0 saturated heterocycles. The van der Waals surface area contributed by atoms with Crippen LogP contribution in [0.2, 0.25) is 0 Å². The predicted molar refractivity (Wildman–Crippen MR) is 81.3 cm³/mol. The number of aliphatic hydroxyl groups is 1. The Morgan fingerprint density at radius 2 is 1.85 bits per heavy atom. The second-order valence-electron chi connectivity index (χ2n) is 5.77. The largest absolute Gasteiger partial charge is 0.387 e. The summed E-state index contributed by atoms with van der Waals surface area (Å²) < 4.78 is 0. The Balaban J connectivity index is 2.56. The molecule has 0 spiro atoms. The van der Waals surface area contributed by atoms with E-state index in [0.29, 0.717) is 24.1 Å². The summed E-state index contributed by atoms with van der Waals surface area (Å²) in [6.45, 7) is 5.81. The highest BCUT2D eigenvalue weighted by Crippen LogP contribution is 2.13. The summed E-state index contributed by atoms with van der Waals surface area (Å²) in [5.41, 5.74) is 1.45. The number of likely N-dealkylation sites (N-methyl/N-ethyl adjacent to an activating group) is 1. The molecule has 0 aliphatic rings. The Bertz CT molecular complexity index is 434. The second-order valence-corrected chi connectivity index (χ2v) is 5.77. The number of rotatable bonds is 7. The molecule has 0 aromatic heterocycles. The van der Waals surface area contributed by atoms with Crippen LogP contribution in [-0.2, 0) is 0 Å². The van der Waals surface area contributed by atoms with E-state index in [1.807, 2.05) is 14.1 Å². The fraction of sp³-hybridized carbons (Fsp3) is 0.562. The minimum Gasteiger partial charge on any atom is -0.387 e. The molecule has 110 valence electrons. The highest BCUT2D eigenvalue weighted by Gasteiger charge is 2.16. The van der Waals surface area contributed by atoms with Gasteiger partial charge in [-0.05, 0) is 37.7 Å². The first-order valence-corrected chi connectivity index (χ1v) is 7.00. The van der Waals surface area contributed by atoms with Crippen molar-refractivity contribution in [1.29, 1.82) is 5.26 Å². The standard InChI is InChI=1S/C16H25N3O/c1-12(2)15(11-19(3)4)18-10-16(20)14-7-5-13(9-17)6-8-14/h5-8,12,15-16,18,20H,10-11H2,1-4H3. The SMILES string of the molecule is CC(C)C(CN(C)C)NCC(O)c1ccc(C#N)cc1. The Kier molecular flexibility index (Phi) is 6.66. The van der Waals surface area contributed by atoms with Gasteiger partial charge in [-0.15, -0.1) is 0 Å². The number of hydrogen-bond acceptors (Lipinski definition) is 4. The summed E-state index contributed by atoms with van der Waals surface area (Å²) >= 11 is 0. The summed E-state index contributed by atoms with van der Waals surface area (Å²) in [5.74, 6) is 0.505. The van der Waals surface area contributed by atoms with E-state index in [4.69, 9.17) is 5.26 Å². The van der Waals surface area contributed by atoms with Gasteiger partial charge in [0.25, 0.3) is 0 Å². The van der Waals surface area contributed by atoms with Crippen LogP contribution in [0, 0.1) is 17.2 Å². The number of aliphatic hydroxyl groups excluding tert-OH is 1. The highest BCUT2D eigenvalue weighted by atomic mass is 16.3. The van der Waals surface area contributed by atoms with Gasteiger partial charge in [0.15, 0.2) is 0 Å². The monoisotopic (exact) mass is 275 g/mol. The lowest BCUT2D eigenvalue weighted by atomic mass is 10.0. The molecule has 2 N–H and O–H groups in total. The van der Waals surface area contributed by atoms with Gasteiger partial charge in [-0.2, -0.15) is 5.26 Å². The Hall–Kier alpha value is -1.41. The number of nitrogens with zero attached hydrogens (tertiary/aromatic N) is 2. The molecule has 0 saturated carbocycles. The van der Waals surface area contributed by atoms with Crippen molar-refractivity contribution in [1.82, 2.24) is 10.2 Å². The summed E-state index contributed by atoms with van der Waals surface area (Å²) in [6.07, 6.45) is -0.550. The van der Waals surface area contributed by atoms with Crippen molar-refractivity contribution in [2.45, 2.75) is 26.0 Å². The summed E-state index contributed by atoms with van der Waals surface area (Å²) in [6, 6.07) is 9.50. The van der Waals surface area contributed by atoms with E-state index in [2.05, 4.69) is 30.1 Å². The minimum absolute atomic E-state index is 0.345. The molecule has 0 bridgehead atoms. The molecule has 4 heteroatoms. The van der Waals surface area contributed by atoms with Crippen LogP contribution in [-0.4, -0.2) is 43.2 Å². The Morgan fingerprint density at radius 3 is 2.30 bits per heavy atom. The van der Waals surface area contributed by atoms with Crippen molar-refractivity contribution in [3.05, 3.63) is 35.4 Å². The van der Waals surface area contributed by atoms with Gasteiger partial charge in [-0.25, -0.2) is 0 Å².